The Balaban J connectivity index is 2.18. The van der Waals surface area contributed by atoms with Crippen LogP contribution >= 0.6 is 0 Å². The fourth-order valence-corrected chi connectivity index (χ4v) is 1.92. The molecular weight excluding hydrogens is 240 g/mol. The minimum absolute atomic E-state index is 0.00679. The third-order valence-corrected chi connectivity index (χ3v) is 2.95. The van der Waals surface area contributed by atoms with Crippen LogP contribution in [0.3, 0.4) is 0 Å². The first-order chi connectivity index (χ1) is 9.22. The van der Waals surface area contributed by atoms with E-state index in [0.29, 0.717) is 0 Å². The molecule has 0 saturated heterocycles. The molecule has 0 fully saturated rings. The highest BCUT2D eigenvalue weighted by molar-refractivity contribution is 5.52. The van der Waals surface area contributed by atoms with Crippen LogP contribution in [0.1, 0.15) is 24.1 Å². The summed E-state index contributed by atoms with van der Waals surface area (Å²) in [5, 5.41) is 12.6. The molecule has 1 unspecified atom stereocenters. The molecule has 1 aromatic carbocycles. The highest BCUT2D eigenvalue weighted by atomic mass is 16.5. The van der Waals surface area contributed by atoms with Gasteiger partial charge in [0.1, 0.15) is 5.75 Å². The third kappa shape index (κ3) is 3.45. The number of aromatic nitrogens is 1. The number of benzene rings is 1. The van der Waals surface area contributed by atoms with Crippen molar-refractivity contribution in [1.29, 1.82) is 0 Å². The number of nitrogens with one attached hydrogen (secondary N) is 1. The van der Waals surface area contributed by atoms with Gasteiger partial charge in [0.15, 0.2) is 0 Å². The van der Waals surface area contributed by atoms with E-state index < -0.39 is 0 Å². The smallest absolute Gasteiger partial charge is 0.121 e. The van der Waals surface area contributed by atoms with Gasteiger partial charge >= 0.3 is 0 Å². The molecule has 4 heteroatoms. The minimum atomic E-state index is -0.00679. The zero-order valence-electron chi connectivity index (χ0n) is 11.1. The highest BCUT2D eigenvalue weighted by Gasteiger charge is 2.07. The number of hydrogen-bond acceptors (Lipinski definition) is 4. The van der Waals surface area contributed by atoms with Crippen LogP contribution in [0.25, 0.3) is 0 Å². The second kappa shape index (κ2) is 6.20. The summed E-state index contributed by atoms with van der Waals surface area (Å²) in [6.07, 6.45) is 3.59. The maximum absolute atomic E-state index is 9.24. The Bertz CT molecular complexity index is 507. The lowest BCUT2D eigenvalue weighted by Crippen LogP contribution is -2.07. The summed E-state index contributed by atoms with van der Waals surface area (Å²) in [5.41, 5.74) is 2.84. The van der Waals surface area contributed by atoms with Crippen molar-refractivity contribution in [2.24, 2.45) is 0 Å². The highest BCUT2D eigenvalue weighted by Crippen LogP contribution is 2.24. The Morgan fingerprint density at radius 1 is 1.37 bits per heavy atom. The van der Waals surface area contributed by atoms with Gasteiger partial charge in [0.25, 0.3) is 0 Å². The number of aliphatic hydroxyl groups excluding tert-OH is 1. The molecule has 0 amide bonds. The van der Waals surface area contributed by atoms with E-state index in [4.69, 9.17) is 4.74 Å². The lowest BCUT2D eigenvalue weighted by molar-refractivity contribution is 0.281. The van der Waals surface area contributed by atoms with Crippen LogP contribution in [0.15, 0.2) is 42.7 Å². The van der Waals surface area contributed by atoms with Crippen molar-refractivity contribution >= 4 is 5.69 Å². The number of methoxy groups -OCH3 is 1. The number of aliphatic hydroxyl groups is 1. The van der Waals surface area contributed by atoms with Crippen LogP contribution in [-0.2, 0) is 6.61 Å². The molecule has 1 atom stereocenters. The first kappa shape index (κ1) is 13.4. The summed E-state index contributed by atoms with van der Waals surface area (Å²) in [7, 11) is 1.62. The third-order valence-electron chi connectivity index (χ3n) is 2.95. The number of rotatable bonds is 5. The lowest BCUT2D eigenvalue weighted by Gasteiger charge is -2.16. The zero-order valence-corrected chi connectivity index (χ0v) is 11.1. The van der Waals surface area contributed by atoms with Crippen LogP contribution < -0.4 is 10.1 Å². The average Bonchev–Trinajstić information content (AvgIpc) is 2.47. The van der Waals surface area contributed by atoms with Gasteiger partial charge in [0.05, 0.1) is 19.8 Å². The maximum atomic E-state index is 9.24. The van der Waals surface area contributed by atoms with E-state index in [9.17, 15) is 5.11 Å². The summed E-state index contributed by atoms with van der Waals surface area (Å²) >= 11 is 0. The first-order valence-corrected chi connectivity index (χ1v) is 6.18. The van der Waals surface area contributed by atoms with Crippen molar-refractivity contribution in [1.82, 2.24) is 4.98 Å². The molecule has 2 N–H and O–H groups in total. The van der Waals surface area contributed by atoms with E-state index in [1.165, 1.54) is 0 Å². The number of ether oxygens (including phenoxy) is 1. The summed E-state index contributed by atoms with van der Waals surface area (Å²) in [5.74, 6) is 0.729. The van der Waals surface area contributed by atoms with Gasteiger partial charge in [-0.1, -0.05) is 6.07 Å². The molecule has 2 aromatic rings. The Morgan fingerprint density at radius 2 is 2.21 bits per heavy atom. The largest absolute Gasteiger partial charge is 0.497 e. The van der Waals surface area contributed by atoms with Gasteiger partial charge in [-0.3, -0.25) is 4.98 Å². The second-order valence-corrected chi connectivity index (χ2v) is 4.38. The van der Waals surface area contributed by atoms with Crippen molar-refractivity contribution in [3.8, 4) is 5.75 Å². The minimum Gasteiger partial charge on any atom is -0.497 e. The monoisotopic (exact) mass is 258 g/mol. The number of anilines is 1. The topological polar surface area (TPSA) is 54.4 Å². The fourth-order valence-electron chi connectivity index (χ4n) is 1.92. The van der Waals surface area contributed by atoms with Crippen LogP contribution in [0, 0.1) is 0 Å². The summed E-state index contributed by atoms with van der Waals surface area (Å²) in [6.45, 7) is 2.06. The fraction of sp³-hybridized carbons (Fsp3) is 0.267. The SMILES string of the molecule is COc1cc(CO)cc(NC(C)c2cccnc2)c1. The summed E-state index contributed by atoms with van der Waals surface area (Å²) in [4.78, 5) is 4.11. The van der Waals surface area contributed by atoms with Gasteiger partial charge in [-0.05, 0) is 36.2 Å². The van der Waals surface area contributed by atoms with Gasteiger partial charge in [0, 0.05) is 24.1 Å². The van der Waals surface area contributed by atoms with Gasteiger partial charge in [0.2, 0.25) is 0 Å². The van der Waals surface area contributed by atoms with Gasteiger partial charge in [-0.15, -0.1) is 0 Å². The van der Waals surface area contributed by atoms with Crippen molar-refractivity contribution in [3.05, 3.63) is 53.9 Å². The van der Waals surface area contributed by atoms with E-state index >= 15 is 0 Å². The zero-order chi connectivity index (χ0) is 13.7. The van der Waals surface area contributed by atoms with Crippen molar-refractivity contribution < 1.29 is 9.84 Å². The summed E-state index contributed by atoms with van der Waals surface area (Å²) in [6, 6.07) is 9.71. The Kier molecular flexibility index (Phi) is 4.36. The van der Waals surface area contributed by atoms with E-state index in [-0.39, 0.29) is 12.6 Å². The van der Waals surface area contributed by atoms with Crippen molar-refractivity contribution in [3.63, 3.8) is 0 Å². The molecule has 100 valence electrons. The summed E-state index contributed by atoms with van der Waals surface area (Å²) < 4.78 is 5.22. The lowest BCUT2D eigenvalue weighted by atomic mass is 10.1. The molecule has 0 radical (unpaired) electrons. The molecule has 0 aliphatic rings. The second-order valence-electron chi connectivity index (χ2n) is 4.38. The van der Waals surface area contributed by atoms with E-state index in [0.717, 1.165) is 22.6 Å². The number of nitrogens with zero attached hydrogens (tertiary/aromatic N) is 1. The molecular formula is C15H18N2O2. The molecule has 0 aliphatic carbocycles. The molecule has 0 spiro atoms. The van der Waals surface area contributed by atoms with Crippen LogP contribution in [0.2, 0.25) is 0 Å². The molecule has 4 nitrogen and oxygen atoms in total. The van der Waals surface area contributed by atoms with Crippen molar-refractivity contribution in [2.45, 2.75) is 19.6 Å². The molecule has 1 heterocycles. The first-order valence-electron chi connectivity index (χ1n) is 6.18. The molecule has 1 aromatic heterocycles. The predicted octanol–water partition coefficient (Wildman–Crippen LogP) is 2.76. The van der Waals surface area contributed by atoms with Crippen LogP contribution in [0.4, 0.5) is 5.69 Å². The standard InChI is InChI=1S/C15H18N2O2/c1-11(13-4-3-5-16-9-13)17-14-6-12(10-18)7-15(8-14)19-2/h3-9,11,17-18H,10H2,1-2H3. The van der Waals surface area contributed by atoms with Crippen molar-refractivity contribution in [2.75, 3.05) is 12.4 Å². The number of pyridine rings is 1. The molecule has 2 rings (SSSR count). The Morgan fingerprint density at radius 3 is 2.84 bits per heavy atom. The van der Waals surface area contributed by atoms with Gasteiger partial charge < -0.3 is 15.2 Å². The number of hydrogen-bond donors (Lipinski definition) is 2. The Labute approximate surface area is 113 Å². The molecule has 19 heavy (non-hydrogen) atoms. The van der Waals surface area contributed by atoms with Gasteiger partial charge in [-0.25, -0.2) is 0 Å². The van der Waals surface area contributed by atoms with E-state index in [1.807, 2.05) is 36.5 Å². The molecule has 0 saturated carbocycles. The van der Waals surface area contributed by atoms with Gasteiger partial charge in [-0.2, -0.15) is 0 Å². The quantitative estimate of drug-likeness (QED) is 0.866. The Hall–Kier alpha value is -2.07. The average molecular weight is 258 g/mol. The maximum Gasteiger partial charge on any atom is 0.121 e. The normalized spacial score (nSPS) is 11.9. The van der Waals surface area contributed by atoms with Crippen LogP contribution in [-0.4, -0.2) is 17.2 Å². The van der Waals surface area contributed by atoms with E-state index in [2.05, 4.69) is 17.2 Å². The molecule has 0 aliphatic heterocycles. The van der Waals surface area contributed by atoms with Crippen LogP contribution in [0.5, 0.6) is 5.75 Å². The predicted molar refractivity (Wildman–Crippen MR) is 75.2 cm³/mol. The van der Waals surface area contributed by atoms with E-state index in [1.54, 1.807) is 13.3 Å². The molecule has 0 bridgehead atoms.